The van der Waals surface area contributed by atoms with Gasteiger partial charge in [0.25, 0.3) is 0 Å². The van der Waals surface area contributed by atoms with Crippen LogP contribution in [0.5, 0.6) is 0 Å². The maximum Gasteiger partial charge on any atom is 0.185 e. The maximum absolute atomic E-state index is 13.2. The van der Waals surface area contributed by atoms with Gasteiger partial charge in [0.1, 0.15) is 5.60 Å². The Labute approximate surface area is 189 Å². The third-order valence-electron chi connectivity index (χ3n) is 10.1. The first-order valence-corrected chi connectivity index (χ1v) is 16.0. The zero-order valence-corrected chi connectivity index (χ0v) is 21.5. The number of fused-ring (bicyclic) bond motifs is 5. The number of hydrogen-bond donors (Lipinski definition) is 0. The lowest BCUT2D eigenvalue weighted by Crippen LogP contribution is -2.60. The highest BCUT2D eigenvalue weighted by molar-refractivity contribution is 6.70. The van der Waals surface area contributed by atoms with E-state index in [2.05, 4.69) is 39.6 Å². The fraction of sp³-hybridized carbons (Fsp3) is 0.885. The third kappa shape index (κ3) is 3.13. The molecule has 0 amide bonds. The normalized spacial score (nSPS) is 46.3. The Bertz CT molecular complexity index is 794. The second-order valence-electron chi connectivity index (χ2n) is 12.6. The first-order valence-electron chi connectivity index (χ1n) is 12.6. The van der Waals surface area contributed by atoms with Gasteiger partial charge in [-0.2, -0.15) is 0 Å². The van der Waals surface area contributed by atoms with Crippen molar-refractivity contribution in [3.8, 4) is 0 Å². The summed E-state index contributed by atoms with van der Waals surface area (Å²) in [5.74, 6) is 1.88. The highest BCUT2D eigenvalue weighted by atomic mass is 28.4. The average Bonchev–Trinajstić information content (AvgIpc) is 3.25. The number of ketones is 1. The van der Waals surface area contributed by atoms with Gasteiger partial charge in [-0.25, -0.2) is 0 Å². The highest BCUT2D eigenvalue weighted by Crippen LogP contribution is 2.69. The first kappa shape index (κ1) is 22.3. The zero-order valence-electron chi connectivity index (χ0n) is 20.5. The fourth-order valence-corrected chi connectivity index (χ4v) is 10.2. The van der Waals surface area contributed by atoms with Gasteiger partial charge in [0.2, 0.25) is 0 Å². The second-order valence-corrected chi connectivity index (χ2v) is 17.1. The highest BCUT2D eigenvalue weighted by Gasteiger charge is 2.67. The number of rotatable bonds is 3. The van der Waals surface area contributed by atoms with Crippen LogP contribution in [0, 0.1) is 28.6 Å². The van der Waals surface area contributed by atoms with Gasteiger partial charge in [-0.05, 0) is 88.3 Å². The average molecular weight is 447 g/mol. The van der Waals surface area contributed by atoms with Gasteiger partial charge in [-0.15, -0.1) is 0 Å². The van der Waals surface area contributed by atoms with Gasteiger partial charge in [0.15, 0.2) is 19.9 Å². The summed E-state index contributed by atoms with van der Waals surface area (Å²) in [5, 5.41) is 0. The Kier molecular flexibility index (Phi) is 5.04. The molecule has 1 aliphatic heterocycles. The van der Waals surface area contributed by atoms with E-state index >= 15 is 0 Å². The number of hydrogen-bond acceptors (Lipinski definition) is 4. The quantitative estimate of drug-likeness (QED) is 0.402. The predicted octanol–water partition coefficient (Wildman–Crippen LogP) is 5.87. The second kappa shape index (κ2) is 7.01. The summed E-state index contributed by atoms with van der Waals surface area (Å²) in [7, 11) is -1.85. The van der Waals surface area contributed by atoms with Gasteiger partial charge in [0.05, 0.1) is 13.2 Å². The number of ether oxygens (including phenoxy) is 2. The molecule has 1 heterocycles. The Morgan fingerprint density at radius 3 is 2.35 bits per heavy atom. The van der Waals surface area contributed by atoms with E-state index in [0.717, 1.165) is 58.2 Å². The molecule has 0 bridgehead atoms. The summed E-state index contributed by atoms with van der Waals surface area (Å²) in [6.45, 7) is 14.9. The van der Waals surface area contributed by atoms with E-state index in [4.69, 9.17) is 13.9 Å². The van der Waals surface area contributed by atoms with Gasteiger partial charge < -0.3 is 13.9 Å². The number of carbonyl (C=O) groups excluding carboxylic acids is 1. The molecule has 31 heavy (non-hydrogen) atoms. The van der Waals surface area contributed by atoms with Crippen LogP contribution in [-0.2, 0) is 18.7 Å². The number of Topliss-reactive ketones (excluding diaryl/α,β-unsaturated/α-hetero) is 1. The minimum absolute atomic E-state index is 0.0322. The van der Waals surface area contributed by atoms with Crippen molar-refractivity contribution in [2.45, 2.75) is 103 Å². The topological polar surface area (TPSA) is 44.8 Å². The first-order chi connectivity index (χ1) is 14.4. The van der Waals surface area contributed by atoms with Crippen LogP contribution < -0.4 is 0 Å². The molecule has 4 nitrogen and oxygen atoms in total. The molecule has 4 fully saturated rings. The third-order valence-corrected chi connectivity index (χ3v) is 11.1. The Morgan fingerprint density at radius 1 is 1.03 bits per heavy atom. The molecule has 4 aliphatic carbocycles. The SMILES string of the molecule is CC(=O)[C@@]1(O[Si](C)(C)C)CC[C@@H]2[C@H]3CC=C4CC5(CC[C@]4(C)[C@@H]3CC[C@@]21C)OCCO5. The molecule has 0 unspecified atom stereocenters. The monoisotopic (exact) mass is 446 g/mol. The van der Waals surface area contributed by atoms with E-state index in [1.54, 1.807) is 12.5 Å². The van der Waals surface area contributed by atoms with Crippen LogP contribution in [0.15, 0.2) is 11.6 Å². The van der Waals surface area contributed by atoms with Crippen molar-refractivity contribution in [3.05, 3.63) is 11.6 Å². The Morgan fingerprint density at radius 2 is 1.71 bits per heavy atom. The van der Waals surface area contributed by atoms with Crippen LogP contribution in [0.25, 0.3) is 0 Å². The van der Waals surface area contributed by atoms with Gasteiger partial charge >= 0.3 is 0 Å². The molecule has 3 saturated carbocycles. The number of carbonyl (C=O) groups is 1. The van der Waals surface area contributed by atoms with Crippen molar-refractivity contribution < 1.29 is 18.7 Å². The molecular formula is C26H42O4Si. The summed E-state index contributed by atoms with van der Waals surface area (Å²) >= 11 is 0. The van der Waals surface area contributed by atoms with Crippen molar-refractivity contribution in [1.82, 2.24) is 0 Å². The van der Waals surface area contributed by atoms with E-state index in [0.29, 0.717) is 17.8 Å². The lowest BCUT2D eigenvalue weighted by Gasteiger charge is -2.60. The molecule has 0 aromatic carbocycles. The van der Waals surface area contributed by atoms with Crippen molar-refractivity contribution in [2.75, 3.05) is 13.2 Å². The van der Waals surface area contributed by atoms with Gasteiger partial charge in [-0.1, -0.05) is 25.5 Å². The molecule has 5 aliphatic rings. The van der Waals surface area contributed by atoms with E-state index in [1.807, 2.05) is 0 Å². The van der Waals surface area contributed by atoms with Crippen LogP contribution >= 0.6 is 0 Å². The van der Waals surface area contributed by atoms with Crippen LogP contribution in [0.3, 0.4) is 0 Å². The molecule has 6 atom stereocenters. The zero-order chi connectivity index (χ0) is 22.3. The summed E-state index contributed by atoms with van der Waals surface area (Å²) in [4.78, 5) is 13.2. The van der Waals surface area contributed by atoms with E-state index in [9.17, 15) is 4.79 Å². The fourth-order valence-electron chi connectivity index (χ4n) is 8.69. The molecular weight excluding hydrogens is 404 g/mol. The van der Waals surface area contributed by atoms with Crippen LogP contribution in [-0.4, -0.2) is 38.7 Å². The minimum Gasteiger partial charge on any atom is -0.405 e. The van der Waals surface area contributed by atoms with Crippen molar-refractivity contribution in [3.63, 3.8) is 0 Å². The van der Waals surface area contributed by atoms with E-state index in [-0.39, 0.29) is 22.4 Å². The molecule has 5 rings (SSSR count). The molecule has 1 saturated heterocycles. The van der Waals surface area contributed by atoms with Crippen molar-refractivity contribution in [1.29, 1.82) is 0 Å². The molecule has 0 radical (unpaired) electrons. The van der Waals surface area contributed by atoms with Gasteiger partial charge in [-0.3, -0.25) is 4.79 Å². The molecule has 0 aromatic rings. The predicted molar refractivity (Wildman–Crippen MR) is 124 cm³/mol. The Hall–Kier alpha value is -0.493. The molecule has 0 aromatic heterocycles. The molecule has 174 valence electrons. The number of allylic oxidation sites excluding steroid dienone is 1. The standard InChI is InChI=1S/C26H42O4Si/c1-18(27)26(30-31(4,5)6)12-10-22-20-8-7-19-17-25(28-15-16-29-25)14-13-23(19,2)21(20)9-11-24(22,26)3/h7,20-22H,8-17H2,1-6H3/t20-,21+,22+,23-,24-,26-/m0/s1. The minimum atomic E-state index is -1.85. The maximum atomic E-state index is 13.2. The van der Waals surface area contributed by atoms with Crippen LogP contribution in [0.1, 0.15) is 72.1 Å². The summed E-state index contributed by atoms with van der Waals surface area (Å²) in [6.07, 6.45) is 11.2. The smallest absolute Gasteiger partial charge is 0.185 e. The lowest BCUT2D eigenvalue weighted by molar-refractivity contribution is -0.187. The molecule has 5 heteroatoms. The van der Waals surface area contributed by atoms with E-state index in [1.165, 1.54) is 6.42 Å². The summed E-state index contributed by atoms with van der Waals surface area (Å²) < 4.78 is 19.0. The largest absolute Gasteiger partial charge is 0.405 e. The summed E-state index contributed by atoms with van der Waals surface area (Å²) in [6, 6.07) is 0. The lowest BCUT2D eigenvalue weighted by atomic mass is 9.46. The van der Waals surface area contributed by atoms with E-state index < -0.39 is 13.9 Å². The Balaban J connectivity index is 1.46. The van der Waals surface area contributed by atoms with Crippen LogP contribution in [0.2, 0.25) is 19.6 Å². The van der Waals surface area contributed by atoms with Gasteiger partial charge in [0, 0.05) is 18.3 Å². The summed E-state index contributed by atoms with van der Waals surface area (Å²) in [5.41, 5.74) is 1.24. The molecule has 0 N–H and O–H groups in total. The molecule has 1 spiro atoms. The van der Waals surface area contributed by atoms with Crippen LogP contribution in [0.4, 0.5) is 0 Å². The van der Waals surface area contributed by atoms with Crippen molar-refractivity contribution in [2.24, 2.45) is 28.6 Å². The van der Waals surface area contributed by atoms with Crippen molar-refractivity contribution >= 4 is 14.1 Å².